The Hall–Kier alpha value is -3.35. The number of benzene rings is 2. The van der Waals surface area contributed by atoms with Crippen molar-refractivity contribution in [3.8, 4) is 16.9 Å². The number of esters is 1. The van der Waals surface area contributed by atoms with Gasteiger partial charge in [-0.2, -0.15) is 0 Å². The van der Waals surface area contributed by atoms with Crippen LogP contribution < -0.4 is 0 Å². The second-order valence-corrected chi connectivity index (χ2v) is 5.39. The zero-order valence-corrected chi connectivity index (χ0v) is 13.6. The number of carbonyl (C=O) groups excluding carboxylic acids is 1. The molecule has 0 atom stereocenters. The summed E-state index contributed by atoms with van der Waals surface area (Å²) in [6.07, 6.45) is 0. The predicted octanol–water partition coefficient (Wildman–Crippen LogP) is 4.20. The third-order valence-corrected chi connectivity index (χ3v) is 3.89. The molecule has 0 spiro atoms. The van der Waals surface area contributed by atoms with Gasteiger partial charge in [0.1, 0.15) is 5.58 Å². The molecule has 3 aromatic rings. The van der Waals surface area contributed by atoms with Gasteiger partial charge in [-0.15, -0.1) is 0 Å². The fraction of sp³-hybridized carbons (Fsp3) is 0.167. The minimum absolute atomic E-state index is 0.0772. The standard InChI is InChI=1S/C18H15NO6/c1-3-24-18(21)17-10(2)14-13(25-17)9-12(11-7-5-4-6-8-11)15(16(14)20)19(22)23/h4-9,20H,3H2,1-2H3. The van der Waals surface area contributed by atoms with E-state index in [1.165, 1.54) is 6.07 Å². The average Bonchev–Trinajstić information content (AvgIpc) is 2.92. The lowest BCUT2D eigenvalue weighted by Crippen LogP contribution is -2.04. The van der Waals surface area contributed by atoms with Gasteiger partial charge in [0.15, 0.2) is 0 Å². The van der Waals surface area contributed by atoms with Gasteiger partial charge < -0.3 is 14.3 Å². The summed E-state index contributed by atoms with van der Waals surface area (Å²) >= 11 is 0. The van der Waals surface area contributed by atoms with Gasteiger partial charge in [-0.1, -0.05) is 30.3 Å². The summed E-state index contributed by atoms with van der Waals surface area (Å²) in [4.78, 5) is 22.9. The van der Waals surface area contributed by atoms with Crippen molar-refractivity contribution in [3.05, 3.63) is 57.8 Å². The van der Waals surface area contributed by atoms with Crippen LogP contribution in [-0.4, -0.2) is 22.6 Å². The summed E-state index contributed by atoms with van der Waals surface area (Å²) in [5.41, 5.74) is 0.812. The molecule has 2 aromatic carbocycles. The van der Waals surface area contributed by atoms with Gasteiger partial charge in [-0.25, -0.2) is 4.79 Å². The van der Waals surface area contributed by atoms with E-state index in [1.807, 2.05) is 0 Å². The molecule has 3 rings (SSSR count). The maximum Gasteiger partial charge on any atom is 0.374 e. The van der Waals surface area contributed by atoms with E-state index in [2.05, 4.69) is 0 Å². The van der Waals surface area contributed by atoms with Gasteiger partial charge in [0.2, 0.25) is 11.5 Å². The zero-order chi connectivity index (χ0) is 18.1. The van der Waals surface area contributed by atoms with Crippen molar-refractivity contribution in [2.24, 2.45) is 0 Å². The molecule has 0 unspecified atom stereocenters. The molecule has 25 heavy (non-hydrogen) atoms. The summed E-state index contributed by atoms with van der Waals surface area (Å²) in [6, 6.07) is 10.1. The maximum atomic E-state index is 12.0. The molecule has 0 radical (unpaired) electrons. The topological polar surface area (TPSA) is 103 Å². The van der Waals surface area contributed by atoms with E-state index in [1.54, 1.807) is 44.2 Å². The third-order valence-electron chi connectivity index (χ3n) is 3.89. The number of ether oxygens (including phenoxy) is 1. The lowest BCUT2D eigenvalue weighted by atomic mass is 10.00. The highest BCUT2D eigenvalue weighted by Gasteiger charge is 2.29. The van der Waals surface area contributed by atoms with Crippen molar-refractivity contribution in [3.63, 3.8) is 0 Å². The highest BCUT2D eigenvalue weighted by atomic mass is 16.6. The van der Waals surface area contributed by atoms with Crippen molar-refractivity contribution < 1.29 is 24.0 Å². The number of nitrogens with zero attached hydrogens (tertiary/aromatic N) is 1. The minimum Gasteiger partial charge on any atom is -0.502 e. The van der Waals surface area contributed by atoms with E-state index in [9.17, 15) is 20.0 Å². The molecule has 1 heterocycles. The second-order valence-electron chi connectivity index (χ2n) is 5.39. The van der Waals surface area contributed by atoms with E-state index >= 15 is 0 Å². The highest BCUT2D eigenvalue weighted by Crippen LogP contribution is 2.45. The van der Waals surface area contributed by atoms with Crippen LogP contribution in [0, 0.1) is 17.0 Å². The van der Waals surface area contributed by atoms with Gasteiger partial charge in [0.05, 0.1) is 22.5 Å². The van der Waals surface area contributed by atoms with Crippen molar-refractivity contribution >= 4 is 22.6 Å². The molecule has 0 saturated heterocycles. The first-order valence-corrected chi connectivity index (χ1v) is 7.61. The van der Waals surface area contributed by atoms with Crippen molar-refractivity contribution in [2.45, 2.75) is 13.8 Å². The number of hydrogen-bond donors (Lipinski definition) is 1. The molecule has 7 heteroatoms. The molecule has 128 valence electrons. The number of fused-ring (bicyclic) bond motifs is 1. The molecular weight excluding hydrogens is 326 g/mol. The predicted molar refractivity (Wildman–Crippen MR) is 90.7 cm³/mol. The van der Waals surface area contributed by atoms with Crippen LogP contribution in [0.15, 0.2) is 40.8 Å². The minimum atomic E-state index is -0.681. The van der Waals surface area contributed by atoms with Gasteiger partial charge in [-0.05, 0) is 25.5 Å². The number of hydrogen-bond acceptors (Lipinski definition) is 6. The number of aryl methyl sites for hydroxylation is 1. The normalized spacial score (nSPS) is 10.8. The van der Waals surface area contributed by atoms with Crippen LogP contribution in [0.3, 0.4) is 0 Å². The quantitative estimate of drug-likeness (QED) is 0.433. The Morgan fingerprint density at radius 2 is 2.00 bits per heavy atom. The second kappa shape index (κ2) is 6.27. The number of phenols is 1. The number of rotatable bonds is 4. The van der Waals surface area contributed by atoms with E-state index in [-0.39, 0.29) is 28.9 Å². The van der Waals surface area contributed by atoms with Gasteiger partial charge in [-0.3, -0.25) is 10.1 Å². The van der Waals surface area contributed by atoms with Crippen LogP contribution in [0.2, 0.25) is 0 Å². The Labute approximate surface area is 142 Å². The van der Waals surface area contributed by atoms with Gasteiger partial charge in [0.25, 0.3) is 0 Å². The molecule has 0 aliphatic rings. The van der Waals surface area contributed by atoms with Gasteiger partial charge in [0, 0.05) is 5.56 Å². The molecule has 1 aromatic heterocycles. The Morgan fingerprint density at radius 1 is 1.32 bits per heavy atom. The molecular formula is C18H15NO6. The molecule has 0 bridgehead atoms. The van der Waals surface area contributed by atoms with Crippen molar-refractivity contribution in [1.82, 2.24) is 0 Å². The Balaban J connectivity index is 2.34. The molecule has 0 aliphatic heterocycles. The van der Waals surface area contributed by atoms with Crippen LogP contribution in [-0.2, 0) is 4.74 Å². The number of nitro benzene ring substituents is 1. The first-order valence-electron chi connectivity index (χ1n) is 7.61. The fourth-order valence-corrected chi connectivity index (χ4v) is 2.79. The molecule has 7 nitrogen and oxygen atoms in total. The molecule has 0 fully saturated rings. The first-order chi connectivity index (χ1) is 12.0. The van der Waals surface area contributed by atoms with Crippen LogP contribution >= 0.6 is 0 Å². The maximum absolute atomic E-state index is 12.0. The smallest absolute Gasteiger partial charge is 0.374 e. The number of carbonyl (C=O) groups is 1. The fourth-order valence-electron chi connectivity index (χ4n) is 2.79. The number of aromatic hydroxyl groups is 1. The van der Waals surface area contributed by atoms with E-state index in [0.717, 1.165) is 0 Å². The largest absolute Gasteiger partial charge is 0.502 e. The lowest BCUT2D eigenvalue weighted by Gasteiger charge is -2.06. The zero-order valence-electron chi connectivity index (χ0n) is 13.6. The number of nitro groups is 1. The highest BCUT2D eigenvalue weighted by molar-refractivity contribution is 6.03. The van der Waals surface area contributed by atoms with Crippen LogP contribution in [0.4, 0.5) is 5.69 Å². The first kappa shape index (κ1) is 16.5. The summed E-state index contributed by atoms with van der Waals surface area (Å²) in [5.74, 6) is -1.29. The molecule has 0 amide bonds. The summed E-state index contributed by atoms with van der Waals surface area (Å²) in [5, 5.41) is 22.2. The summed E-state index contributed by atoms with van der Waals surface area (Å²) in [7, 11) is 0. The van der Waals surface area contributed by atoms with Crippen molar-refractivity contribution in [1.29, 1.82) is 0 Å². The average molecular weight is 341 g/mol. The molecule has 0 saturated carbocycles. The summed E-state index contributed by atoms with van der Waals surface area (Å²) in [6.45, 7) is 3.37. The Bertz CT molecular complexity index is 974. The Kier molecular flexibility index (Phi) is 4.14. The number of phenolic OH excluding ortho intramolecular Hbond substituents is 1. The van der Waals surface area contributed by atoms with Crippen LogP contribution in [0.25, 0.3) is 22.1 Å². The summed E-state index contributed by atoms with van der Waals surface area (Å²) < 4.78 is 10.5. The van der Waals surface area contributed by atoms with E-state index in [4.69, 9.17) is 9.15 Å². The van der Waals surface area contributed by atoms with Crippen LogP contribution in [0.5, 0.6) is 5.75 Å². The van der Waals surface area contributed by atoms with Crippen LogP contribution in [0.1, 0.15) is 23.0 Å². The monoisotopic (exact) mass is 341 g/mol. The molecule has 0 aliphatic carbocycles. The third kappa shape index (κ3) is 2.69. The SMILES string of the molecule is CCOC(=O)c1oc2cc(-c3ccccc3)c([N+](=O)[O-])c(O)c2c1C. The van der Waals surface area contributed by atoms with E-state index < -0.39 is 22.3 Å². The van der Waals surface area contributed by atoms with E-state index in [0.29, 0.717) is 11.1 Å². The van der Waals surface area contributed by atoms with Gasteiger partial charge >= 0.3 is 11.7 Å². The lowest BCUT2D eigenvalue weighted by molar-refractivity contribution is -0.385. The Morgan fingerprint density at radius 3 is 2.60 bits per heavy atom. The van der Waals surface area contributed by atoms with Crippen molar-refractivity contribution in [2.75, 3.05) is 6.61 Å². The number of furan rings is 1. The molecule has 1 N–H and O–H groups in total.